The lowest BCUT2D eigenvalue weighted by atomic mass is 10.0. The molecule has 0 saturated heterocycles. The third-order valence-corrected chi connectivity index (χ3v) is 2.34. The lowest BCUT2D eigenvalue weighted by molar-refractivity contribution is 0.181. The molecule has 0 saturated carbocycles. The minimum atomic E-state index is 0.136. The Morgan fingerprint density at radius 1 is 1.54 bits per heavy atom. The second-order valence-electron chi connectivity index (χ2n) is 3.31. The van der Waals surface area contributed by atoms with Gasteiger partial charge in [-0.3, -0.25) is 0 Å². The number of hydrogen-bond donors (Lipinski definition) is 2. The van der Waals surface area contributed by atoms with Gasteiger partial charge in [-0.1, -0.05) is 0 Å². The molecular weight excluding hydrogens is 166 g/mol. The van der Waals surface area contributed by atoms with Gasteiger partial charge in [-0.05, 0) is 36.6 Å². The van der Waals surface area contributed by atoms with Crippen LogP contribution in [0.25, 0.3) is 0 Å². The zero-order valence-corrected chi connectivity index (χ0v) is 7.36. The van der Waals surface area contributed by atoms with Crippen molar-refractivity contribution in [3.8, 4) is 11.5 Å². The molecule has 0 fully saturated rings. The van der Waals surface area contributed by atoms with Crippen LogP contribution in [-0.4, -0.2) is 17.8 Å². The maximum Gasteiger partial charge on any atom is 0.123 e. The van der Waals surface area contributed by atoms with Crippen LogP contribution in [0.4, 0.5) is 0 Å². The number of hydrogen-bond acceptors (Lipinski definition) is 3. The second kappa shape index (κ2) is 3.26. The third kappa shape index (κ3) is 1.60. The molecule has 70 valence electrons. The molecule has 0 radical (unpaired) electrons. The summed E-state index contributed by atoms with van der Waals surface area (Å²) in [6.45, 7) is 0.556. The standard InChI is InChI=1S/C10H13NO2/c11-6-9-3-1-7-5-8(12)2-4-10(7)13-9/h2,4-5,9,12H,1,3,6,11H2. The number of nitrogens with two attached hydrogens (primary N) is 1. The number of fused-ring (bicyclic) bond motifs is 1. The lowest BCUT2D eigenvalue weighted by Gasteiger charge is -2.24. The molecule has 0 amide bonds. The summed E-state index contributed by atoms with van der Waals surface area (Å²) in [6.07, 6.45) is 2.01. The van der Waals surface area contributed by atoms with Gasteiger partial charge in [0.2, 0.25) is 0 Å². The number of ether oxygens (including phenoxy) is 1. The van der Waals surface area contributed by atoms with Crippen molar-refractivity contribution in [2.45, 2.75) is 18.9 Å². The normalized spacial score (nSPS) is 20.5. The van der Waals surface area contributed by atoms with E-state index in [9.17, 15) is 5.11 Å². The topological polar surface area (TPSA) is 55.5 Å². The lowest BCUT2D eigenvalue weighted by Crippen LogP contribution is -2.30. The molecular formula is C10H13NO2. The molecule has 3 N–H and O–H groups in total. The molecule has 1 unspecified atom stereocenters. The van der Waals surface area contributed by atoms with Crippen molar-refractivity contribution >= 4 is 0 Å². The van der Waals surface area contributed by atoms with Crippen LogP contribution < -0.4 is 10.5 Å². The number of aromatic hydroxyl groups is 1. The van der Waals surface area contributed by atoms with Crippen molar-refractivity contribution in [3.05, 3.63) is 23.8 Å². The zero-order valence-electron chi connectivity index (χ0n) is 7.36. The van der Waals surface area contributed by atoms with E-state index >= 15 is 0 Å². The highest BCUT2D eigenvalue weighted by atomic mass is 16.5. The largest absolute Gasteiger partial charge is 0.508 e. The van der Waals surface area contributed by atoms with Gasteiger partial charge in [-0.2, -0.15) is 0 Å². The van der Waals surface area contributed by atoms with E-state index in [0.717, 1.165) is 24.2 Å². The van der Waals surface area contributed by atoms with E-state index in [0.29, 0.717) is 12.3 Å². The predicted molar refractivity (Wildman–Crippen MR) is 49.9 cm³/mol. The first-order valence-electron chi connectivity index (χ1n) is 4.48. The Labute approximate surface area is 77.1 Å². The molecule has 0 spiro atoms. The van der Waals surface area contributed by atoms with Gasteiger partial charge in [0.05, 0.1) is 0 Å². The van der Waals surface area contributed by atoms with Crippen LogP contribution >= 0.6 is 0 Å². The molecule has 3 heteroatoms. The fourth-order valence-corrected chi connectivity index (χ4v) is 1.60. The molecule has 1 aromatic carbocycles. The van der Waals surface area contributed by atoms with Crippen molar-refractivity contribution in [2.24, 2.45) is 5.73 Å². The van der Waals surface area contributed by atoms with Crippen LogP contribution in [0.5, 0.6) is 11.5 Å². The SMILES string of the molecule is NCC1CCc2cc(O)ccc2O1. The highest BCUT2D eigenvalue weighted by Gasteiger charge is 2.18. The summed E-state index contributed by atoms with van der Waals surface area (Å²) in [5, 5.41) is 9.23. The first-order valence-corrected chi connectivity index (χ1v) is 4.48. The van der Waals surface area contributed by atoms with E-state index in [-0.39, 0.29) is 6.10 Å². The number of phenolic OH excluding ortho intramolecular Hbond substituents is 1. The van der Waals surface area contributed by atoms with E-state index in [1.54, 1.807) is 18.2 Å². The van der Waals surface area contributed by atoms with Gasteiger partial charge in [-0.25, -0.2) is 0 Å². The third-order valence-electron chi connectivity index (χ3n) is 2.34. The molecule has 3 nitrogen and oxygen atoms in total. The minimum absolute atomic E-state index is 0.136. The van der Waals surface area contributed by atoms with Crippen LogP contribution in [0.15, 0.2) is 18.2 Å². The van der Waals surface area contributed by atoms with E-state index < -0.39 is 0 Å². The number of aryl methyl sites for hydroxylation is 1. The van der Waals surface area contributed by atoms with Gasteiger partial charge < -0.3 is 15.6 Å². The summed E-state index contributed by atoms with van der Waals surface area (Å²) in [6, 6.07) is 5.19. The number of benzene rings is 1. The Hall–Kier alpha value is -1.22. The van der Waals surface area contributed by atoms with Gasteiger partial charge in [-0.15, -0.1) is 0 Å². The number of phenols is 1. The van der Waals surface area contributed by atoms with Gasteiger partial charge in [0.1, 0.15) is 17.6 Å². The van der Waals surface area contributed by atoms with Crippen LogP contribution in [-0.2, 0) is 6.42 Å². The summed E-state index contributed by atoms with van der Waals surface area (Å²) in [4.78, 5) is 0. The molecule has 0 aliphatic carbocycles. The summed E-state index contributed by atoms with van der Waals surface area (Å²) in [5.74, 6) is 1.16. The fourth-order valence-electron chi connectivity index (χ4n) is 1.60. The second-order valence-corrected chi connectivity index (χ2v) is 3.31. The van der Waals surface area contributed by atoms with Gasteiger partial charge in [0, 0.05) is 6.54 Å². The Kier molecular flexibility index (Phi) is 2.10. The molecule has 1 aliphatic rings. The minimum Gasteiger partial charge on any atom is -0.508 e. The van der Waals surface area contributed by atoms with E-state index in [1.165, 1.54) is 0 Å². The van der Waals surface area contributed by atoms with E-state index in [4.69, 9.17) is 10.5 Å². The summed E-state index contributed by atoms with van der Waals surface area (Å²) in [7, 11) is 0. The molecule has 2 rings (SSSR count). The first-order chi connectivity index (χ1) is 6.29. The average molecular weight is 179 g/mol. The maximum absolute atomic E-state index is 9.23. The van der Waals surface area contributed by atoms with Gasteiger partial charge in [0.25, 0.3) is 0 Å². The molecule has 1 atom stereocenters. The van der Waals surface area contributed by atoms with Crippen LogP contribution in [0.1, 0.15) is 12.0 Å². The van der Waals surface area contributed by atoms with Gasteiger partial charge in [0.15, 0.2) is 0 Å². The van der Waals surface area contributed by atoms with Crippen molar-refractivity contribution in [2.75, 3.05) is 6.54 Å². The highest BCUT2D eigenvalue weighted by molar-refractivity contribution is 5.40. The average Bonchev–Trinajstić information content (AvgIpc) is 2.17. The highest BCUT2D eigenvalue weighted by Crippen LogP contribution is 2.29. The van der Waals surface area contributed by atoms with Crippen molar-refractivity contribution in [3.63, 3.8) is 0 Å². The molecule has 13 heavy (non-hydrogen) atoms. The Morgan fingerprint density at radius 2 is 2.38 bits per heavy atom. The van der Waals surface area contributed by atoms with E-state index in [2.05, 4.69) is 0 Å². The van der Waals surface area contributed by atoms with Crippen molar-refractivity contribution in [1.82, 2.24) is 0 Å². The molecule has 0 bridgehead atoms. The summed E-state index contributed by atoms with van der Waals surface area (Å²) < 4.78 is 5.60. The Balaban J connectivity index is 2.26. The Morgan fingerprint density at radius 3 is 3.15 bits per heavy atom. The van der Waals surface area contributed by atoms with Crippen LogP contribution in [0.2, 0.25) is 0 Å². The number of rotatable bonds is 1. The van der Waals surface area contributed by atoms with Crippen molar-refractivity contribution in [1.29, 1.82) is 0 Å². The molecule has 0 aromatic heterocycles. The first kappa shape index (κ1) is 8.38. The van der Waals surface area contributed by atoms with Crippen LogP contribution in [0.3, 0.4) is 0 Å². The van der Waals surface area contributed by atoms with E-state index in [1.807, 2.05) is 0 Å². The summed E-state index contributed by atoms with van der Waals surface area (Å²) >= 11 is 0. The zero-order chi connectivity index (χ0) is 9.26. The molecule has 1 aromatic rings. The Bertz CT molecular complexity index is 312. The monoisotopic (exact) mass is 179 g/mol. The molecule has 1 aliphatic heterocycles. The fraction of sp³-hybridized carbons (Fsp3) is 0.400. The van der Waals surface area contributed by atoms with Crippen LogP contribution in [0, 0.1) is 0 Å². The summed E-state index contributed by atoms with van der Waals surface area (Å²) in [5.41, 5.74) is 6.59. The van der Waals surface area contributed by atoms with Gasteiger partial charge >= 0.3 is 0 Å². The predicted octanol–water partition coefficient (Wildman–Crippen LogP) is 1.04. The smallest absolute Gasteiger partial charge is 0.123 e. The van der Waals surface area contributed by atoms with Crippen molar-refractivity contribution < 1.29 is 9.84 Å². The molecule has 1 heterocycles. The quantitative estimate of drug-likeness (QED) is 0.677. The maximum atomic E-state index is 9.23.